The number of hydrogen-bond acceptors (Lipinski definition) is 5. The van der Waals surface area contributed by atoms with Crippen LogP contribution in [0.2, 0.25) is 0 Å². The Balaban J connectivity index is 1.30. The molecule has 160 valence electrons. The first kappa shape index (κ1) is 20.8. The number of carbonyl (C=O) groups is 1. The molecule has 2 aliphatic rings. The number of benzene rings is 1. The first-order chi connectivity index (χ1) is 14.7. The maximum atomic E-state index is 12.7. The number of amides is 1. The molecule has 3 heterocycles. The predicted molar refractivity (Wildman–Crippen MR) is 120 cm³/mol. The topological polar surface area (TPSA) is 61.4 Å². The van der Waals surface area contributed by atoms with Crippen LogP contribution in [-0.2, 0) is 4.79 Å². The molecule has 30 heavy (non-hydrogen) atoms. The van der Waals surface area contributed by atoms with Crippen LogP contribution >= 0.6 is 0 Å². The van der Waals surface area contributed by atoms with E-state index < -0.39 is 0 Å². The van der Waals surface area contributed by atoms with Crippen molar-refractivity contribution in [3.05, 3.63) is 42.0 Å². The molecule has 6 nitrogen and oxygen atoms in total. The number of carbonyl (C=O) groups excluding carboxylic acids is 1. The van der Waals surface area contributed by atoms with E-state index in [0.29, 0.717) is 6.54 Å². The third-order valence-corrected chi connectivity index (χ3v) is 6.26. The van der Waals surface area contributed by atoms with Gasteiger partial charge < -0.3 is 15.1 Å². The molecule has 1 aromatic heterocycles. The summed E-state index contributed by atoms with van der Waals surface area (Å²) in [6, 6.07) is 12.4. The van der Waals surface area contributed by atoms with E-state index in [4.69, 9.17) is 0 Å². The van der Waals surface area contributed by atoms with E-state index in [1.54, 1.807) is 0 Å². The number of anilines is 1. The maximum Gasteiger partial charge on any atom is 0.224 e. The largest absolute Gasteiger partial charge is 0.355 e. The minimum absolute atomic E-state index is 0.0263. The van der Waals surface area contributed by atoms with Gasteiger partial charge in [-0.2, -0.15) is 0 Å². The highest BCUT2D eigenvalue weighted by Gasteiger charge is 2.26. The fourth-order valence-electron chi connectivity index (χ4n) is 4.52. The van der Waals surface area contributed by atoms with Crippen LogP contribution in [0, 0.1) is 12.8 Å². The standard InChI is InChI=1S/C24H33N5O/c1-19-7-5-8-20(17-19)22-10-11-23(27-26-22)29-15-6-9-21(18-29)24(30)25-12-16-28-13-3-2-4-14-28/h5,7-8,10-11,17,21H,2-4,6,9,12-16,18H2,1H3,(H,25,30). The summed E-state index contributed by atoms with van der Waals surface area (Å²) in [5, 5.41) is 12.1. The van der Waals surface area contributed by atoms with E-state index in [-0.39, 0.29) is 11.8 Å². The zero-order valence-corrected chi connectivity index (χ0v) is 18.0. The second kappa shape index (κ2) is 10.0. The molecule has 1 atom stereocenters. The quantitative estimate of drug-likeness (QED) is 0.796. The Hall–Kier alpha value is -2.47. The second-order valence-corrected chi connectivity index (χ2v) is 8.62. The first-order valence-corrected chi connectivity index (χ1v) is 11.3. The highest BCUT2D eigenvalue weighted by atomic mass is 16.1. The van der Waals surface area contributed by atoms with Crippen LogP contribution in [0.25, 0.3) is 11.3 Å². The lowest BCUT2D eigenvalue weighted by atomic mass is 9.97. The normalized spacial score (nSPS) is 20.2. The summed E-state index contributed by atoms with van der Waals surface area (Å²) in [5.41, 5.74) is 3.17. The van der Waals surface area contributed by atoms with Gasteiger partial charge in [-0.25, -0.2) is 0 Å². The molecule has 6 heteroatoms. The fraction of sp³-hybridized carbons (Fsp3) is 0.542. The van der Waals surface area contributed by atoms with Crippen LogP contribution in [0.4, 0.5) is 5.82 Å². The van der Waals surface area contributed by atoms with Gasteiger partial charge >= 0.3 is 0 Å². The SMILES string of the molecule is Cc1cccc(-c2ccc(N3CCCC(C(=O)NCCN4CCCCC4)C3)nn2)c1. The Morgan fingerprint density at radius 3 is 2.70 bits per heavy atom. The maximum absolute atomic E-state index is 12.7. The summed E-state index contributed by atoms with van der Waals surface area (Å²) < 4.78 is 0. The molecule has 1 aromatic carbocycles. The number of aryl methyl sites for hydroxylation is 1. The van der Waals surface area contributed by atoms with Crippen molar-refractivity contribution in [1.29, 1.82) is 0 Å². The number of nitrogens with one attached hydrogen (secondary N) is 1. The molecule has 0 saturated carbocycles. The van der Waals surface area contributed by atoms with E-state index in [0.717, 1.165) is 49.6 Å². The van der Waals surface area contributed by atoms with Gasteiger partial charge in [0.25, 0.3) is 0 Å². The summed E-state index contributed by atoms with van der Waals surface area (Å²) in [6.45, 7) is 7.78. The number of piperidine rings is 2. The van der Waals surface area contributed by atoms with Crippen molar-refractivity contribution in [2.75, 3.05) is 44.2 Å². The Labute approximate surface area is 179 Å². The third kappa shape index (κ3) is 5.36. The summed E-state index contributed by atoms with van der Waals surface area (Å²) in [6.07, 6.45) is 5.87. The number of rotatable bonds is 6. The van der Waals surface area contributed by atoms with Gasteiger partial charge in [0.15, 0.2) is 5.82 Å². The van der Waals surface area contributed by atoms with E-state index >= 15 is 0 Å². The smallest absolute Gasteiger partial charge is 0.224 e. The third-order valence-electron chi connectivity index (χ3n) is 6.26. The Morgan fingerprint density at radius 1 is 1.07 bits per heavy atom. The average Bonchev–Trinajstić information content (AvgIpc) is 2.80. The number of nitrogens with zero attached hydrogens (tertiary/aromatic N) is 4. The molecule has 2 saturated heterocycles. The van der Waals surface area contributed by atoms with Crippen LogP contribution in [0.5, 0.6) is 0 Å². The van der Waals surface area contributed by atoms with Gasteiger partial charge in [0, 0.05) is 31.7 Å². The molecule has 2 aromatic rings. The Kier molecular flexibility index (Phi) is 6.95. The van der Waals surface area contributed by atoms with Gasteiger partial charge in [-0.15, -0.1) is 10.2 Å². The lowest BCUT2D eigenvalue weighted by molar-refractivity contribution is -0.125. The molecule has 1 unspecified atom stereocenters. The number of aromatic nitrogens is 2. The van der Waals surface area contributed by atoms with E-state index in [1.165, 1.54) is 37.9 Å². The Bertz CT molecular complexity index is 832. The van der Waals surface area contributed by atoms with Gasteiger partial charge in [-0.05, 0) is 63.9 Å². The van der Waals surface area contributed by atoms with Crippen LogP contribution in [-0.4, -0.2) is 60.3 Å². The number of likely N-dealkylation sites (tertiary alicyclic amines) is 1. The molecule has 1 N–H and O–H groups in total. The monoisotopic (exact) mass is 407 g/mol. The van der Waals surface area contributed by atoms with Crippen molar-refractivity contribution in [2.45, 2.75) is 39.0 Å². The van der Waals surface area contributed by atoms with Gasteiger partial charge in [-0.1, -0.05) is 30.2 Å². The highest BCUT2D eigenvalue weighted by molar-refractivity contribution is 5.79. The summed E-state index contributed by atoms with van der Waals surface area (Å²) in [4.78, 5) is 17.4. The van der Waals surface area contributed by atoms with Gasteiger partial charge in [0.05, 0.1) is 11.6 Å². The lowest BCUT2D eigenvalue weighted by Crippen LogP contribution is -2.45. The van der Waals surface area contributed by atoms with Crippen molar-refractivity contribution in [3.63, 3.8) is 0 Å². The van der Waals surface area contributed by atoms with E-state index in [2.05, 4.69) is 50.4 Å². The predicted octanol–water partition coefficient (Wildman–Crippen LogP) is 3.27. The molecule has 0 aliphatic carbocycles. The molecular weight excluding hydrogens is 374 g/mol. The van der Waals surface area contributed by atoms with Crippen LogP contribution in [0.15, 0.2) is 36.4 Å². The molecule has 2 fully saturated rings. The first-order valence-electron chi connectivity index (χ1n) is 11.3. The molecule has 2 aliphatic heterocycles. The van der Waals surface area contributed by atoms with Crippen molar-refractivity contribution < 1.29 is 4.79 Å². The lowest BCUT2D eigenvalue weighted by Gasteiger charge is -2.33. The molecule has 0 bridgehead atoms. The van der Waals surface area contributed by atoms with Gasteiger partial charge in [0.1, 0.15) is 0 Å². The molecule has 1 amide bonds. The van der Waals surface area contributed by atoms with Crippen LogP contribution in [0.3, 0.4) is 0 Å². The van der Waals surface area contributed by atoms with E-state index in [9.17, 15) is 4.79 Å². The molecular formula is C24H33N5O. The van der Waals surface area contributed by atoms with Gasteiger partial charge in [0.2, 0.25) is 5.91 Å². The highest BCUT2D eigenvalue weighted by Crippen LogP contribution is 2.24. The van der Waals surface area contributed by atoms with Crippen molar-refractivity contribution in [3.8, 4) is 11.3 Å². The van der Waals surface area contributed by atoms with E-state index in [1.807, 2.05) is 18.2 Å². The molecule has 0 radical (unpaired) electrons. The molecule has 4 rings (SSSR count). The van der Waals surface area contributed by atoms with Crippen LogP contribution < -0.4 is 10.2 Å². The molecule has 0 spiro atoms. The summed E-state index contributed by atoms with van der Waals surface area (Å²) in [5.74, 6) is 1.07. The zero-order chi connectivity index (χ0) is 20.8. The average molecular weight is 408 g/mol. The van der Waals surface area contributed by atoms with Crippen molar-refractivity contribution in [2.24, 2.45) is 5.92 Å². The minimum atomic E-state index is 0.0263. The minimum Gasteiger partial charge on any atom is -0.355 e. The van der Waals surface area contributed by atoms with Crippen molar-refractivity contribution in [1.82, 2.24) is 20.4 Å². The van der Waals surface area contributed by atoms with Crippen LogP contribution in [0.1, 0.15) is 37.7 Å². The van der Waals surface area contributed by atoms with Gasteiger partial charge in [-0.3, -0.25) is 4.79 Å². The summed E-state index contributed by atoms with van der Waals surface area (Å²) >= 11 is 0. The zero-order valence-electron chi connectivity index (χ0n) is 18.0. The Morgan fingerprint density at radius 2 is 1.93 bits per heavy atom. The fourth-order valence-corrected chi connectivity index (χ4v) is 4.52. The number of hydrogen-bond donors (Lipinski definition) is 1. The van der Waals surface area contributed by atoms with Crippen molar-refractivity contribution >= 4 is 11.7 Å². The summed E-state index contributed by atoms with van der Waals surface area (Å²) in [7, 11) is 0. The second-order valence-electron chi connectivity index (χ2n) is 8.62.